The molecule has 2 heterocycles. The zero-order chi connectivity index (χ0) is 17.4. The fourth-order valence-electron chi connectivity index (χ4n) is 3.64. The van der Waals surface area contributed by atoms with E-state index in [1.54, 1.807) is 0 Å². The van der Waals surface area contributed by atoms with Crippen molar-refractivity contribution in [3.8, 4) is 5.69 Å². The van der Waals surface area contributed by atoms with E-state index in [4.69, 9.17) is 5.73 Å². The molecule has 3 aromatic rings. The molecule has 0 saturated heterocycles. The molecule has 3 N–H and O–H groups in total. The Balaban J connectivity index is 0.00000196. The normalized spacial score (nSPS) is 15.8. The van der Waals surface area contributed by atoms with Crippen LogP contribution in [0.2, 0.25) is 0 Å². The van der Waals surface area contributed by atoms with Gasteiger partial charge in [-0.05, 0) is 38.0 Å². The molecular formula is C19H23ClN4OS. The van der Waals surface area contributed by atoms with Crippen LogP contribution in [0.25, 0.3) is 15.9 Å². The Bertz CT molecular complexity index is 912. The van der Waals surface area contributed by atoms with Gasteiger partial charge >= 0.3 is 0 Å². The van der Waals surface area contributed by atoms with Gasteiger partial charge in [-0.25, -0.2) is 4.68 Å². The number of fused-ring (bicyclic) bond motifs is 1. The number of carbonyl (C=O) groups is 1. The van der Waals surface area contributed by atoms with E-state index in [9.17, 15) is 4.79 Å². The summed E-state index contributed by atoms with van der Waals surface area (Å²) in [5, 5.41) is 8.87. The summed E-state index contributed by atoms with van der Waals surface area (Å²) in [4.78, 5) is 14.5. The minimum Gasteiger partial charge on any atom is -0.345 e. The highest BCUT2D eigenvalue weighted by Gasteiger charge is 2.34. The molecule has 2 aromatic heterocycles. The van der Waals surface area contributed by atoms with Crippen molar-refractivity contribution in [2.24, 2.45) is 5.73 Å². The lowest BCUT2D eigenvalue weighted by molar-refractivity contribution is 0.0907. The number of nitrogens with two attached hydrogens (primary N) is 1. The number of para-hydroxylation sites is 1. The maximum absolute atomic E-state index is 12.8. The van der Waals surface area contributed by atoms with E-state index >= 15 is 0 Å². The van der Waals surface area contributed by atoms with Gasteiger partial charge in [-0.1, -0.05) is 31.0 Å². The fraction of sp³-hybridized carbons (Fsp3) is 0.368. The predicted molar refractivity (Wildman–Crippen MR) is 109 cm³/mol. The molecule has 0 aliphatic heterocycles. The summed E-state index contributed by atoms with van der Waals surface area (Å²) < 4.78 is 1.92. The number of benzene rings is 1. The average molecular weight is 391 g/mol. The van der Waals surface area contributed by atoms with Crippen LogP contribution in [0.15, 0.2) is 36.4 Å². The number of aromatic nitrogens is 2. The molecular weight excluding hydrogens is 368 g/mol. The number of hydrogen-bond acceptors (Lipinski definition) is 4. The van der Waals surface area contributed by atoms with Gasteiger partial charge in [-0.2, -0.15) is 5.10 Å². The van der Waals surface area contributed by atoms with Crippen molar-refractivity contribution in [1.82, 2.24) is 15.1 Å². The van der Waals surface area contributed by atoms with Crippen molar-refractivity contribution < 1.29 is 4.79 Å². The maximum Gasteiger partial charge on any atom is 0.261 e. The van der Waals surface area contributed by atoms with E-state index in [1.165, 1.54) is 11.3 Å². The van der Waals surface area contributed by atoms with Crippen LogP contribution in [0.3, 0.4) is 0 Å². The van der Waals surface area contributed by atoms with E-state index in [0.717, 1.165) is 52.2 Å². The number of thiophene rings is 1. The monoisotopic (exact) mass is 390 g/mol. The molecule has 0 atom stereocenters. The summed E-state index contributed by atoms with van der Waals surface area (Å²) >= 11 is 1.49. The first-order chi connectivity index (χ1) is 12.1. The zero-order valence-electron chi connectivity index (χ0n) is 14.7. The first-order valence-electron chi connectivity index (χ1n) is 8.69. The summed E-state index contributed by atoms with van der Waals surface area (Å²) in [6, 6.07) is 12.0. The molecule has 1 aromatic carbocycles. The lowest BCUT2D eigenvalue weighted by Gasteiger charge is -2.28. The molecule has 138 valence electrons. The first kappa shape index (κ1) is 18.9. The zero-order valence-corrected chi connectivity index (χ0v) is 16.3. The van der Waals surface area contributed by atoms with Crippen LogP contribution in [0.4, 0.5) is 0 Å². The number of hydrogen-bond donors (Lipinski definition) is 2. The molecule has 0 bridgehead atoms. The van der Waals surface area contributed by atoms with Crippen LogP contribution in [0.1, 0.15) is 41.0 Å². The molecule has 7 heteroatoms. The number of amides is 1. The quantitative estimate of drug-likeness (QED) is 0.711. The molecule has 5 nitrogen and oxygen atoms in total. The highest BCUT2D eigenvalue weighted by atomic mass is 35.5. The first-order valence-corrected chi connectivity index (χ1v) is 9.51. The molecule has 1 fully saturated rings. The minimum atomic E-state index is -0.228. The SMILES string of the molecule is Cc1nn(-c2ccccc2)c2sc(C(=O)NC3(CN)CCCC3)cc12.Cl. The van der Waals surface area contributed by atoms with Crippen LogP contribution in [0, 0.1) is 6.92 Å². The Kier molecular flexibility index (Phi) is 5.37. The van der Waals surface area contributed by atoms with Crippen molar-refractivity contribution in [2.75, 3.05) is 6.54 Å². The van der Waals surface area contributed by atoms with Gasteiger partial charge in [0.25, 0.3) is 5.91 Å². The number of halogens is 1. The van der Waals surface area contributed by atoms with E-state index in [2.05, 4.69) is 10.4 Å². The molecule has 0 unspecified atom stereocenters. The van der Waals surface area contributed by atoms with Crippen molar-refractivity contribution in [2.45, 2.75) is 38.1 Å². The smallest absolute Gasteiger partial charge is 0.261 e. The number of rotatable bonds is 4. The largest absolute Gasteiger partial charge is 0.345 e. The molecule has 0 radical (unpaired) electrons. The van der Waals surface area contributed by atoms with Crippen LogP contribution in [-0.4, -0.2) is 27.8 Å². The third-order valence-electron chi connectivity index (χ3n) is 5.10. The maximum atomic E-state index is 12.8. The van der Waals surface area contributed by atoms with Gasteiger partial charge in [-0.15, -0.1) is 23.7 Å². The van der Waals surface area contributed by atoms with Gasteiger partial charge in [-0.3, -0.25) is 4.79 Å². The number of carbonyl (C=O) groups excluding carboxylic acids is 1. The molecule has 0 spiro atoms. The third kappa shape index (κ3) is 3.24. The van der Waals surface area contributed by atoms with Crippen LogP contribution >= 0.6 is 23.7 Å². The summed E-state index contributed by atoms with van der Waals surface area (Å²) in [5.74, 6) is -0.0208. The fourth-order valence-corrected chi connectivity index (χ4v) is 4.72. The Hall–Kier alpha value is -1.89. The van der Waals surface area contributed by atoms with Gasteiger partial charge in [0.15, 0.2) is 0 Å². The van der Waals surface area contributed by atoms with E-state index in [-0.39, 0.29) is 23.9 Å². The van der Waals surface area contributed by atoms with E-state index < -0.39 is 0 Å². The van der Waals surface area contributed by atoms with E-state index in [0.29, 0.717) is 6.54 Å². The van der Waals surface area contributed by atoms with Crippen molar-refractivity contribution in [3.05, 3.63) is 47.0 Å². The Morgan fingerprint density at radius 2 is 2.00 bits per heavy atom. The average Bonchev–Trinajstić information content (AvgIpc) is 3.33. The van der Waals surface area contributed by atoms with Crippen molar-refractivity contribution in [3.63, 3.8) is 0 Å². The van der Waals surface area contributed by atoms with Gasteiger partial charge in [0.2, 0.25) is 0 Å². The van der Waals surface area contributed by atoms with Crippen LogP contribution in [0.5, 0.6) is 0 Å². The molecule has 1 aliphatic carbocycles. The van der Waals surface area contributed by atoms with Gasteiger partial charge in [0.1, 0.15) is 4.83 Å². The van der Waals surface area contributed by atoms with E-state index in [1.807, 2.05) is 48.0 Å². The Morgan fingerprint density at radius 1 is 1.31 bits per heavy atom. The van der Waals surface area contributed by atoms with Crippen molar-refractivity contribution in [1.29, 1.82) is 0 Å². The third-order valence-corrected chi connectivity index (χ3v) is 6.21. The number of nitrogens with zero attached hydrogens (tertiary/aromatic N) is 2. The second kappa shape index (κ2) is 7.39. The molecule has 4 rings (SSSR count). The van der Waals surface area contributed by atoms with Crippen molar-refractivity contribution >= 4 is 39.9 Å². The lowest BCUT2D eigenvalue weighted by Crippen LogP contribution is -2.51. The van der Waals surface area contributed by atoms with Gasteiger partial charge in [0, 0.05) is 11.9 Å². The van der Waals surface area contributed by atoms with Crippen LogP contribution in [-0.2, 0) is 0 Å². The van der Waals surface area contributed by atoms with Gasteiger partial charge in [0.05, 0.1) is 21.8 Å². The standard InChI is InChI=1S/C19H22N4OS.ClH/c1-13-15-11-16(17(24)21-19(12-20)9-5-6-10-19)25-18(15)23(22-13)14-7-3-2-4-8-14;/h2-4,7-8,11H,5-6,9-10,12,20H2,1H3,(H,21,24);1H. The molecule has 1 saturated carbocycles. The van der Waals surface area contributed by atoms with Crippen LogP contribution < -0.4 is 11.1 Å². The summed E-state index contributed by atoms with van der Waals surface area (Å²) in [6.45, 7) is 2.48. The second-order valence-corrected chi connectivity index (χ2v) is 7.84. The molecule has 26 heavy (non-hydrogen) atoms. The summed E-state index contributed by atoms with van der Waals surface area (Å²) in [6.07, 6.45) is 4.20. The highest BCUT2D eigenvalue weighted by molar-refractivity contribution is 7.20. The molecule has 1 amide bonds. The van der Waals surface area contributed by atoms with Gasteiger partial charge < -0.3 is 11.1 Å². The predicted octanol–water partition coefficient (Wildman–Crippen LogP) is 3.82. The molecule has 1 aliphatic rings. The lowest BCUT2D eigenvalue weighted by atomic mass is 9.98. The second-order valence-electron chi connectivity index (χ2n) is 6.81. The topological polar surface area (TPSA) is 72.9 Å². The highest BCUT2D eigenvalue weighted by Crippen LogP contribution is 2.32. The minimum absolute atomic E-state index is 0. The Labute approximate surface area is 163 Å². The number of nitrogens with one attached hydrogen (secondary N) is 1. The number of aryl methyl sites for hydroxylation is 1. The summed E-state index contributed by atoms with van der Waals surface area (Å²) in [5.41, 5.74) is 7.66. The summed E-state index contributed by atoms with van der Waals surface area (Å²) in [7, 11) is 0. The Morgan fingerprint density at radius 3 is 2.65 bits per heavy atom.